The van der Waals surface area contributed by atoms with Gasteiger partial charge in [0.15, 0.2) is 0 Å². The molecule has 2 heterocycles. The van der Waals surface area contributed by atoms with Crippen molar-refractivity contribution in [3.8, 4) is 33.6 Å². The quantitative estimate of drug-likeness (QED) is 0.159. The molecular weight excluding hydrogens is 691 g/mol. The van der Waals surface area contributed by atoms with Crippen LogP contribution >= 0.6 is 0 Å². The van der Waals surface area contributed by atoms with E-state index in [9.17, 15) is 0 Å². The molecule has 0 N–H and O–H groups in total. The number of para-hydroxylation sites is 4. The predicted molar refractivity (Wildman–Crippen MR) is 241 cm³/mol. The van der Waals surface area contributed by atoms with E-state index in [1.807, 2.05) is 0 Å². The second kappa shape index (κ2) is 13.6. The maximum absolute atomic E-state index is 2.40. The Kier molecular flexibility index (Phi) is 7.82. The van der Waals surface area contributed by atoms with Gasteiger partial charge in [-0.1, -0.05) is 140 Å². The first kappa shape index (κ1) is 32.8. The lowest BCUT2D eigenvalue weighted by Crippen LogP contribution is -2.09. The zero-order valence-electron chi connectivity index (χ0n) is 31.2. The molecule has 57 heavy (non-hydrogen) atoms. The van der Waals surface area contributed by atoms with Crippen LogP contribution in [0, 0.1) is 0 Å². The van der Waals surface area contributed by atoms with E-state index in [0.29, 0.717) is 0 Å². The summed E-state index contributed by atoms with van der Waals surface area (Å²) in [5, 5.41) is 4.96. The van der Waals surface area contributed by atoms with E-state index in [0.717, 1.165) is 28.4 Å². The number of rotatable bonds is 7. The summed E-state index contributed by atoms with van der Waals surface area (Å²) in [4.78, 5) is 2.36. The van der Waals surface area contributed by atoms with Gasteiger partial charge < -0.3 is 14.0 Å². The van der Waals surface area contributed by atoms with E-state index in [-0.39, 0.29) is 0 Å². The molecule has 0 atom stereocenters. The molecule has 0 fully saturated rings. The van der Waals surface area contributed by atoms with Crippen molar-refractivity contribution in [1.82, 2.24) is 9.13 Å². The van der Waals surface area contributed by atoms with Crippen molar-refractivity contribution < 1.29 is 0 Å². The number of hydrogen-bond acceptors (Lipinski definition) is 1. The van der Waals surface area contributed by atoms with Crippen molar-refractivity contribution in [1.29, 1.82) is 0 Å². The van der Waals surface area contributed by atoms with Gasteiger partial charge in [0.25, 0.3) is 0 Å². The first-order valence-corrected chi connectivity index (χ1v) is 19.5. The van der Waals surface area contributed by atoms with Crippen molar-refractivity contribution in [2.24, 2.45) is 0 Å². The Labute approximate surface area is 331 Å². The molecule has 0 amide bonds. The summed E-state index contributed by atoms with van der Waals surface area (Å²) in [6.07, 6.45) is 0. The van der Waals surface area contributed by atoms with Gasteiger partial charge in [-0.05, 0) is 107 Å². The zero-order chi connectivity index (χ0) is 37.7. The second-order valence-electron chi connectivity index (χ2n) is 14.6. The highest BCUT2D eigenvalue weighted by atomic mass is 15.1. The maximum Gasteiger partial charge on any atom is 0.0547 e. The zero-order valence-corrected chi connectivity index (χ0v) is 31.2. The van der Waals surface area contributed by atoms with Crippen LogP contribution in [0.1, 0.15) is 0 Å². The van der Waals surface area contributed by atoms with E-state index in [4.69, 9.17) is 0 Å². The Morgan fingerprint density at radius 3 is 1.39 bits per heavy atom. The molecule has 0 saturated heterocycles. The highest BCUT2D eigenvalue weighted by molar-refractivity contribution is 6.11. The van der Waals surface area contributed by atoms with Gasteiger partial charge in [0.2, 0.25) is 0 Å². The number of anilines is 3. The summed E-state index contributed by atoms with van der Waals surface area (Å²) in [6, 6.07) is 81.0. The molecule has 0 aliphatic rings. The molecule has 2 aromatic heterocycles. The first-order valence-electron chi connectivity index (χ1n) is 19.5. The molecule has 3 heteroatoms. The van der Waals surface area contributed by atoms with Gasteiger partial charge in [0.05, 0.1) is 22.1 Å². The Morgan fingerprint density at radius 1 is 0.246 bits per heavy atom. The maximum atomic E-state index is 2.40. The van der Waals surface area contributed by atoms with E-state index >= 15 is 0 Å². The number of nitrogens with zero attached hydrogens (tertiary/aromatic N) is 3. The summed E-state index contributed by atoms with van der Waals surface area (Å²) < 4.78 is 4.77. The van der Waals surface area contributed by atoms with Crippen LogP contribution in [0.15, 0.2) is 224 Å². The Bertz CT molecular complexity index is 3200. The lowest BCUT2D eigenvalue weighted by molar-refractivity contribution is 1.18. The van der Waals surface area contributed by atoms with Crippen molar-refractivity contribution in [2.45, 2.75) is 0 Å². The summed E-state index contributed by atoms with van der Waals surface area (Å²) in [5.41, 5.74) is 15.2. The fourth-order valence-electron chi connectivity index (χ4n) is 8.64. The number of fused-ring (bicyclic) bond motifs is 6. The summed E-state index contributed by atoms with van der Waals surface area (Å²) in [6.45, 7) is 0. The van der Waals surface area contributed by atoms with Crippen molar-refractivity contribution in [2.75, 3.05) is 4.90 Å². The number of benzene rings is 9. The Balaban J connectivity index is 1.00. The van der Waals surface area contributed by atoms with Gasteiger partial charge in [-0.2, -0.15) is 0 Å². The summed E-state index contributed by atoms with van der Waals surface area (Å²) in [7, 11) is 0. The topological polar surface area (TPSA) is 13.1 Å². The first-order chi connectivity index (χ1) is 28.3. The SMILES string of the molecule is c1ccc(-c2ccc(-n3c4ccccc4c4ccc(-c5ccc(N(c6ccccc6)c6ccc7c(c6)c6ccccc6n7-c6ccccc6)cc5)cc43)cc2)cc1. The molecule has 3 nitrogen and oxygen atoms in total. The molecule has 0 saturated carbocycles. The molecule has 9 aromatic carbocycles. The van der Waals surface area contributed by atoms with Crippen LogP contribution in [0.2, 0.25) is 0 Å². The fourth-order valence-corrected chi connectivity index (χ4v) is 8.64. The smallest absolute Gasteiger partial charge is 0.0547 e. The monoisotopic (exact) mass is 727 g/mol. The van der Waals surface area contributed by atoms with Crippen LogP contribution in [0.25, 0.3) is 77.2 Å². The average molecular weight is 728 g/mol. The van der Waals surface area contributed by atoms with Gasteiger partial charge in [-0.3, -0.25) is 0 Å². The molecule has 11 aromatic rings. The number of aromatic nitrogens is 2. The average Bonchev–Trinajstić information content (AvgIpc) is 3.80. The molecule has 0 aliphatic carbocycles. The molecule has 0 spiro atoms. The fraction of sp³-hybridized carbons (Fsp3) is 0. The third-order valence-corrected chi connectivity index (χ3v) is 11.3. The van der Waals surface area contributed by atoms with Gasteiger partial charge in [-0.25, -0.2) is 0 Å². The minimum Gasteiger partial charge on any atom is -0.310 e. The van der Waals surface area contributed by atoms with Crippen LogP contribution in [0.5, 0.6) is 0 Å². The minimum atomic E-state index is 1.10. The van der Waals surface area contributed by atoms with Crippen LogP contribution in [-0.2, 0) is 0 Å². The molecule has 11 rings (SSSR count). The van der Waals surface area contributed by atoms with E-state index < -0.39 is 0 Å². The highest BCUT2D eigenvalue weighted by Gasteiger charge is 2.18. The van der Waals surface area contributed by atoms with E-state index in [2.05, 4.69) is 238 Å². The van der Waals surface area contributed by atoms with Crippen LogP contribution in [0.3, 0.4) is 0 Å². The Hall–Kier alpha value is -7.62. The predicted octanol–water partition coefficient (Wildman–Crippen LogP) is 14.7. The molecular formula is C54H37N3. The molecule has 268 valence electrons. The van der Waals surface area contributed by atoms with Crippen LogP contribution < -0.4 is 4.90 Å². The van der Waals surface area contributed by atoms with E-state index in [1.165, 1.54) is 65.9 Å². The normalized spacial score (nSPS) is 11.5. The van der Waals surface area contributed by atoms with Gasteiger partial charge >= 0.3 is 0 Å². The summed E-state index contributed by atoms with van der Waals surface area (Å²) >= 11 is 0. The van der Waals surface area contributed by atoms with Crippen molar-refractivity contribution >= 4 is 60.7 Å². The highest BCUT2D eigenvalue weighted by Crippen LogP contribution is 2.41. The lowest BCUT2D eigenvalue weighted by atomic mass is 10.0. The third kappa shape index (κ3) is 5.60. The lowest BCUT2D eigenvalue weighted by Gasteiger charge is -2.26. The van der Waals surface area contributed by atoms with Gasteiger partial charge in [0, 0.05) is 50.0 Å². The molecule has 0 radical (unpaired) electrons. The van der Waals surface area contributed by atoms with Crippen molar-refractivity contribution in [3.63, 3.8) is 0 Å². The van der Waals surface area contributed by atoms with Crippen molar-refractivity contribution in [3.05, 3.63) is 224 Å². The standard InChI is InChI=1S/C54H37N3/c1-4-14-38(15-5-1)39-24-31-45(32-25-39)57-51-22-12-10-20-47(51)49-34-28-41(36-54(49)57)40-26-29-44(30-27-40)55(42-16-6-2-7-17-42)46-33-35-53-50(37-46)48-21-11-13-23-52(48)56(53)43-18-8-3-9-19-43/h1-37H. The summed E-state index contributed by atoms with van der Waals surface area (Å²) in [5.74, 6) is 0. The van der Waals surface area contributed by atoms with Gasteiger partial charge in [0.1, 0.15) is 0 Å². The Morgan fingerprint density at radius 2 is 0.684 bits per heavy atom. The van der Waals surface area contributed by atoms with E-state index in [1.54, 1.807) is 0 Å². The molecule has 0 aliphatic heterocycles. The molecule has 0 bridgehead atoms. The van der Waals surface area contributed by atoms with Crippen LogP contribution in [-0.4, -0.2) is 9.13 Å². The molecule has 0 unspecified atom stereocenters. The third-order valence-electron chi connectivity index (χ3n) is 11.3. The van der Waals surface area contributed by atoms with Crippen LogP contribution in [0.4, 0.5) is 17.1 Å². The largest absolute Gasteiger partial charge is 0.310 e. The number of hydrogen-bond donors (Lipinski definition) is 0. The van der Waals surface area contributed by atoms with Gasteiger partial charge in [-0.15, -0.1) is 0 Å². The minimum absolute atomic E-state index is 1.10. The second-order valence-corrected chi connectivity index (χ2v) is 14.6.